The molecule has 1 aromatic heterocycles. The first kappa shape index (κ1) is 12.9. The number of rotatable bonds is 6. The largest absolute Gasteiger partial charge is 0.383 e. The summed E-state index contributed by atoms with van der Waals surface area (Å²) < 4.78 is 5.72. The highest BCUT2D eigenvalue weighted by molar-refractivity contribution is 9.10. The van der Waals surface area contributed by atoms with E-state index in [9.17, 15) is 4.79 Å². The Morgan fingerprint density at radius 1 is 1.56 bits per heavy atom. The number of carbonyl (C=O) groups is 1. The molecule has 1 rings (SSSR count). The van der Waals surface area contributed by atoms with Gasteiger partial charge in [-0.3, -0.25) is 4.79 Å². The predicted molar refractivity (Wildman–Crippen MR) is 65.3 cm³/mol. The van der Waals surface area contributed by atoms with Gasteiger partial charge < -0.3 is 15.4 Å². The molecule has 0 fully saturated rings. The minimum atomic E-state index is -0.0817. The molecule has 1 amide bonds. The Labute approximate surface area is 103 Å². The van der Waals surface area contributed by atoms with E-state index in [0.717, 1.165) is 4.47 Å². The van der Waals surface area contributed by atoms with Gasteiger partial charge >= 0.3 is 0 Å². The highest BCUT2D eigenvalue weighted by Crippen LogP contribution is 2.09. The normalized spacial score (nSPS) is 9.88. The van der Waals surface area contributed by atoms with Crippen LogP contribution < -0.4 is 10.6 Å². The Morgan fingerprint density at radius 3 is 3.00 bits per heavy atom. The Hall–Kier alpha value is -1.14. The summed E-state index contributed by atoms with van der Waals surface area (Å²) in [4.78, 5) is 15.4. The number of halogens is 1. The van der Waals surface area contributed by atoms with Gasteiger partial charge in [0.05, 0.1) is 13.2 Å². The Bertz CT molecular complexity index is 329. The van der Waals surface area contributed by atoms with E-state index in [2.05, 4.69) is 31.5 Å². The van der Waals surface area contributed by atoms with Gasteiger partial charge in [0.1, 0.15) is 5.82 Å². The molecule has 0 saturated carbocycles. The van der Waals surface area contributed by atoms with Crippen LogP contribution >= 0.6 is 15.9 Å². The number of carbonyl (C=O) groups excluding carboxylic acids is 1. The van der Waals surface area contributed by atoms with E-state index in [1.54, 1.807) is 19.4 Å². The lowest BCUT2D eigenvalue weighted by Gasteiger charge is -2.06. The van der Waals surface area contributed by atoms with E-state index >= 15 is 0 Å². The molecule has 5 nitrogen and oxygen atoms in total. The summed E-state index contributed by atoms with van der Waals surface area (Å²) in [5.41, 5.74) is 0. The van der Waals surface area contributed by atoms with Crippen LogP contribution in [0.15, 0.2) is 22.8 Å². The van der Waals surface area contributed by atoms with Crippen LogP contribution in [0.1, 0.15) is 0 Å². The average Bonchev–Trinajstić information content (AvgIpc) is 2.29. The molecule has 0 unspecified atom stereocenters. The van der Waals surface area contributed by atoms with E-state index in [1.165, 1.54) is 0 Å². The second-order valence-corrected chi connectivity index (χ2v) is 3.97. The molecule has 0 spiro atoms. The number of amides is 1. The second kappa shape index (κ2) is 7.19. The molecule has 0 aromatic carbocycles. The summed E-state index contributed by atoms with van der Waals surface area (Å²) in [5, 5.41) is 5.62. The quantitative estimate of drug-likeness (QED) is 0.767. The van der Waals surface area contributed by atoms with Crippen LogP contribution in [0.4, 0.5) is 5.82 Å². The first-order chi connectivity index (χ1) is 7.72. The lowest BCUT2D eigenvalue weighted by molar-refractivity contribution is -0.119. The fraction of sp³-hybridized carbons (Fsp3) is 0.400. The van der Waals surface area contributed by atoms with E-state index < -0.39 is 0 Å². The molecule has 0 atom stereocenters. The van der Waals surface area contributed by atoms with Crippen molar-refractivity contribution < 1.29 is 9.53 Å². The van der Waals surface area contributed by atoms with E-state index in [0.29, 0.717) is 19.0 Å². The number of ether oxygens (including phenoxy) is 1. The number of hydrogen-bond donors (Lipinski definition) is 2. The third-order valence-corrected chi connectivity index (χ3v) is 2.25. The zero-order valence-electron chi connectivity index (χ0n) is 9.00. The average molecular weight is 288 g/mol. The Kier molecular flexibility index (Phi) is 5.81. The molecule has 16 heavy (non-hydrogen) atoms. The monoisotopic (exact) mass is 287 g/mol. The van der Waals surface area contributed by atoms with Gasteiger partial charge in [0.25, 0.3) is 0 Å². The van der Waals surface area contributed by atoms with Crippen molar-refractivity contribution in [2.45, 2.75) is 0 Å². The number of hydrogen-bond acceptors (Lipinski definition) is 4. The molecule has 0 bridgehead atoms. The van der Waals surface area contributed by atoms with Crippen LogP contribution in [0.25, 0.3) is 0 Å². The van der Waals surface area contributed by atoms with Crippen LogP contribution in [0.5, 0.6) is 0 Å². The third-order valence-electron chi connectivity index (χ3n) is 1.79. The summed E-state index contributed by atoms with van der Waals surface area (Å²) in [6.07, 6.45) is 1.67. The molecular formula is C10H14BrN3O2. The highest BCUT2D eigenvalue weighted by atomic mass is 79.9. The molecule has 0 aliphatic carbocycles. The SMILES string of the molecule is COCCNC(=O)CNc1ccc(Br)cn1. The van der Waals surface area contributed by atoms with E-state index in [4.69, 9.17) is 4.74 Å². The van der Waals surface area contributed by atoms with Crippen molar-refractivity contribution >= 4 is 27.7 Å². The van der Waals surface area contributed by atoms with E-state index in [1.807, 2.05) is 6.07 Å². The molecule has 1 aromatic rings. The number of nitrogens with one attached hydrogen (secondary N) is 2. The van der Waals surface area contributed by atoms with Crippen molar-refractivity contribution in [1.82, 2.24) is 10.3 Å². The van der Waals surface area contributed by atoms with Crippen LogP contribution in [-0.2, 0) is 9.53 Å². The van der Waals surface area contributed by atoms with Gasteiger partial charge in [-0.15, -0.1) is 0 Å². The molecule has 0 saturated heterocycles. The van der Waals surface area contributed by atoms with Crippen LogP contribution in [0.2, 0.25) is 0 Å². The topological polar surface area (TPSA) is 63.2 Å². The first-order valence-corrected chi connectivity index (χ1v) is 5.62. The van der Waals surface area contributed by atoms with Crippen molar-refractivity contribution in [3.63, 3.8) is 0 Å². The molecule has 88 valence electrons. The second-order valence-electron chi connectivity index (χ2n) is 3.06. The molecule has 6 heteroatoms. The van der Waals surface area contributed by atoms with Gasteiger partial charge in [0.15, 0.2) is 0 Å². The summed E-state index contributed by atoms with van der Waals surface area (Å²) in [7, 11) is 1.59. The van der Waals surface area contributed by atoms with Crippen molar-refractivity contribution in [1.29, 1.82) is 0 Å². The van der Waals surface area contributed by atoms with Gasteiger partial charge in [-0.25, -0.2) is 4.98 Å². The smallest absolute Gasteiger partial charge is 0.239 e. The van der Waals surface area contributed by atoms with Crippen LogP contribution in [-0.4, -0.2) is 37.7 Å². The van der Waals surface area contributed by atoms with Crippen molar-refractivity contribution in [3.05, 3.63) is 22.8 Å². The standard InChI is InChI=1S/C10H14BrN3O2/c1-16-5-4-12-10(15)7-14-9-3-2-8(11)6-13-9/h2-3,6H,4-5,7H2,1H3,(H,12,15)(H,13,14). The Balaban J connectivity index is 2.23. The van der Waals surface area contributed by atoms with Crippen molar-refractivity contribution in [2.24, 2.45) is 0 Å². The van der Waals surface area contributed by atoms with Crippen molar-refractivity contribution in [2.75, 3.05) is 32.1 Å². The van der Waals surface area contributed by atoms with E-state index in [-0.39, 0.29) is 12.5 Å². The number of anilines is 1. The highest BCUT2D eigenvalue weighted by Gasteiger charge is 2.00. The zero-order valence-corrected chi connectivity index (χ0v) is 10.6. The van der Waals surface area contributed by atoms with Gasteiger partial charge in [-0.1, -0.05) is 0 Å². The molecule has 1 heterocycles. The molecule has 0 radical (unpaired) electrons. The molecular weight excluding hydrogens is 274 g/mol. The molecule has 0 aliphatic rings. The van der Waals surface area contributed by atoms with Gasteiger partial charge in [0.2, 0.25) is 5.91 Å². The van der Waals surface area contributed by atoms with Crippen molar-refractivity contribution in [3.8, 4) is 0 Å². The minimum Gasteiger partial charge on any atom is -0.383 e. The fourth-order valence-corrected chi connectivity index (χ4v) is 1.24. The fourth-order valence-electron chi connectivity index (χ4n) is 1.01. The van der Waals surface area contributed by atoms with Gasteiger partial charge in [-0.05, 0) is 28.1 Å². The lowest BCUT2D eigenvalue weighted by atomic mass is 10.4. The first-order valence-electron chi connectivity index (χ1n) is 4.83. The maximum Gasteiger partial charge on any atom is 0.239 e. The van der Waals surface area contributed by atoms with Crippen LogP contribution in [0.3, 0.4) is 0 Å². The lowest BCUT2D eigenvalue weighted by Crippen LogP contribution is -2.32. The maximum atomic E-state index is 11.3. The molecule has 0 aliphatic heterocycles. The van der Waals surface area contributed by atoms with Gasteiger partial charge in [0, 0.05) is 24.3 Å². The third kappa shape index (κ3) is 5.09. The number of aromatic nitrogens is 1. The predicted octanol–water partition coefficient (Wildman–Crippen LogP) is 1.02. The maximum absolute atomic E-state index is 11.3. The summed E-state index contributed by atoms with van der Waals surface area (Å²) in [6.45, 7) is 1.24. The summed E-state index contributed by atoms with van der Waals surface area (Å²) in [6, 6.07) is 3.66. The summed E-state index contributed by atoms with van der Waals surface area (Å²) >= 11 is 3.28. The number of nitrogens with zero attached hydrogens (tertiary/aromatic N) is 1. The van der Waals surface area contributed by atoms with Crippen LogP contribution in [0, 0.1) is 0 Å². The van der Waals surface area contributed by atoms with Gasteiger partial charge in [-0.2, -0.15) is 0 Å². The zero-order chi connectivity index (χ0) is 11.8. The Morgan fingerprint density at radius 2 is 2.38 bits per heavy atom. The molecule has 2 N–H and O–H groups in total. The number of pyridine rings is 1. The number of methoxy groups -OCH3 is 1. The minimum absolute atomic E-state index is 0.0817. The summed E-state index contributed by atoms with van der Waals surface area (Å²) in [5.74, 6) is 0.590.